The second kappa shape index (κ2) is 13.3. The van der Waals surface area contributed by atoms with E-state index < -0.39 is 11.9 Å². The Morgan fingerprint density at radius 3 is 2.42 bits per heavy atom. The van der Waals surface area contributed by atoms with Gasteiger partial charge in [0.15, 0.2) is 16.7 Å². The van der Waals surface area contributed by atoms with Crippen LogP contribution < -0.4 is 20.3 Å². The van der Waals surface area contributed by atoms with Crippen LogP contribution in [0, 0.1) is 5.82 Å². The van der Waals surface area contributed by atoms with Crippen LogP contribution in [0.25, 0.3) is 20.7 Å². The Hall–Kier alpha value is -5.07. The summed E-state index contributed by atoms with van der Waals surface area (Å²) in [6.07, 6.45) is 0.914. The van der Waals surface area contributed by atoms with Gasteiger partial charge in [0.2, 0.25) is 5.91 Å². The zero-order valence-corrected chi connectivity index (χ0v) is 25.5. The van der Waals surface area contributed by atoms with Crippen LogP contribution in [-0.4, -0.2) is 58.3 Å². The number of anilines is 2. The van der Waals surface area contributed by atoms with Crippen molar-refractivity contribution in [2.75, 3.05) is 36.4 Å². The van der Waals surface area contributed by atoms with E-state index in [2.05, 4.69) is 20.5 Å². The van der Waals surface area contributed by atoms with Crippen LogP contribution in [0.2, 0.25) is 0 Å². The van der Waals surface area contributed by atoms with Crippen LogP contribution >= 0.6 is 23.6 Å². The van der Waals surface area contributed by atoms with Crippen LogP contribution in [0.4, 0.5) is 20.6 Å². The Labute approximate surface area is 267 Å². The highest BCUT2D eigenvalue weighted by Crippen LogP contribution is 2.40. The van der Waals surface area contributed by atoms with Crippen molar-refractivity contribution < 1.29 is 23.8 Å². The van der Waals surface area contributed by atoms with Gasteiger partial charge in [-0.05, 0) is 53.7 Å². The fourth-order valence-corrected chi connectivity index (χ4v) is 6.33. The Kier molecular flexibility index (Phi) is 8.85. The molecule has 45 heavy (non-hydrogen) atoms. The van der Waals surface area contributed by atoms with E-state index in [-0.39, 0.29) is 23.2 Å². The van der Waals surface area contributed by atoms with E-state index in [4.69, 9.17) is 17.0 Å². The number of amides is 2. The number of benzene rings is 3. The number of piperazine rings is 1. The summed E-state index contributed by atoms with van der Waals surface area (Å²) in [7, 11) is 0. The summed E-state index contributed by atoms with van der Waals surface area (Å²) < 4.78 is 21.9. The summed E-state index contributed by atoms with van der Waals surface area (Å²) in [5.41, 5.74) is 4.00. The molecule has 3 heterocycles. The monoisotopic (exact) mass is 641 g/mol. The van der Waals surface area contributed by atoms with E-state index >= 15 is 4.39 Å². The Balaban J connectivity index is 1.10. The minimum atomic E-state index is -0.884. The molecule has 0 aliphatic carbocycles. The first kappa shape index (κ1) is 30.0. The number of thiophene rings is 1. The fraction of sp³-hybridized carbons (Fsp3) is 0.152. The normalized spacial score (nSPS) is 13.0. The summed E-state index contributed by atoms with van der Waals surface area (Å²) in [6, 6.07) is 25.5. The molecule has 0 atom stereocenters. The van der Waals surface area contributed by atoms with Crippen molar-refractivity contribution in [2.24, 2.45) is 0 Å². The molecule has 9 nitrogen and oxygen atoms in total. The Bertz CT molecular complexity index is 1860. The van der Waals surface area contributed by atoms with Gasteiger partial charge >= 0.3 is 6.09 Å². The summed E-state index contributed by atoms with van der Waals surface area (Å²) >= 11 is 6.73. The first-order chi connectivity index (χ1) is 21.8. The lowest BCUT2D eigenvalue weighted by Crippen LogP contribution is -2.48. The van der Waals surface area contributed by atoms with E-state index in [0.29, 0.717) is 37.6 Å². The van der Waals surface area contributed by atoms with Gasteiger partial charge in [0.1, 0.15) is 5.75 Å². The zero-order chi connectivity index (χ0) is 31.3. The summed E-state index contributed by atoms with van der Waals surface area (Å²) in [6.45, 7) is 2.24. The van der Waals surface area contributed by atoms with Crippen molar-refractivity contribution in [1.29, 1.82) is 0 Å². The van der Waals surface area contributed by atoms with Gasteiger partial charge in [-0.2, -0.15) is 0 Å². The molecular weight excluding hydrogens is 614 g/mol. The van der Waals surface area contributed by atoms with Gasteiger partial charge in [0, 0.05) is 60.8 Å². The smallest absolute Gasteiger partial charge is 0.407 e. The van der Waals surface area contributed by atoms with Gasteiger partial charge < -0.3 is 30.3 Å². The van der Waals surface area contributed by atoms with Gasteiger partial charge in [-0.1, -0.05) is 42.5 Å². The predicted molar refractivity (Wildman–Crippen MR) is 178 cm³/mol. The fourth-order valence-electron chi connectivity index (χ4n) is 5.02. The number of hydrogen-bond acceptors (Lipinski definition) is 7. The number of pyridine rings is 1. The number of carbonyl (C=O) groups excluding carboxylic acids is 1. The molecule has 1 fully saturated rings. The molecular formula is C33H28FN5O4S2. The average molecular weight is 642 g/mol. The number of rotatable bonds is 7. The first-order valence-electron chi connectivity index (χ1n) is 14.2. The van der Waals surface area contributed by atoms with Crippen molar-refractivity contribution in [2.45, 2.75) is 6.42 Å². The van der Waals surface area contributed by atoms with E-state index in [9.17, 15) is 14.7 Å². The number of aromatic nitrogens is 1. The topological polar surface area (TPSA) is 107 Å². The number of nitrogens with one attached hydrogen (secondary N) is 2. The first-order valence-corrected chi connectivity index (χ1v) is 15.4. The Morgan fingerprint density at radius 2 is 1.71 bits per heavy atom. The highest BCUT2D eigenvalue weighted by molar-refractivity contribution is 7.80. The highest BCUT2D eigenvalue weighted by Gasteiger charge is 2.21. The maximum absolute atomic E-state index is 15.1. The maximum atomic E-state index is 15.1. The Morgan fingerprint density at radius 1 is 0.956 bits per heavy atom. The zero-order valence-electron chi connectivity index (χ0n) is 23.9. The predicted octanol–water partition coefficient (Wildman–Crippen LogP) is 6.75. The molecule has 2 aromatic heterocycles. The molecule has 6 rings (SSSR count). The van der Waals surface area contributed by atoms with E-state index in [1.165, 1.54) is 28.4 Å². The molecule has 0 unspecified atom stereocenters. The number of nitrogens with zero attached hydrogens (tertiary/aromatic N) is 3. The third kappa shape index (κ3) is 7.19. The molecule has 3 N–H and O–H groups in total. The molecule has 0 spiro atoms. The summed E-state index contributed by atoms with van der Waals surface area (Å²) in [5.74, 6) is -0.357. The van der Waals surface area contributed by atoms with Crippen molar-refractivity contribution in [3.63, 3.8) is 0 Å². The molecule has 3 aromatic carbocycles. The van der Waals surface area contributed by atoms with Gasteiger partial charge in [-0.15, -0.1) is 11.3 Å². The van der Waals surface area contributed by atoms with Crippen LogP contribution in [0.5, 0.6) is 11.5 Å². The molecule has 5 aromatic rings. The average Bonchev–Trinajstić information content (AvgIpc) is 3.48. The molecule has 2 amide bonds. The largest absolute Gasteiger partial charge is 0.465 e. The van der Waals surface area contributed by atoms with E-state index in [0.717, 1.165) is 31.9 Å². The number of ether oxygens (including phenoxy) is 1. The minimum absolute atomic E-state index is 0.0365. The second-order valence-electron chi connectivity index (χ2n) is 10.3. The third-order valence-electron chi connectivity index (χ3n) is 7.31. The molecule has 228 valence electrons. The van der Waals surface area contributed by atoms with Gasteiger partial charge in [0.25, 0.3) is 0 Å². The molecule has 1 saturated heterocycles. The van der Waals surface area contributed by atoms with Crippen molar-refractivity contribution in [3.8, 4) is 21.9 Å². The standard InChI is InChI=1S/C33H28FN5O4S2/c34-25-19-23(36-32(44)37-30(40)18-21-4-2-1-3-5-21)8-11-27(25)43-28-12-13-35-26-20-29(45-31(26)28)22-6-9-24(10-7-22)38-14-16-39(17-15-38)33(41)42/h1-13,19-20H,14-18H2,(H,41,42)(H2,36,37,40,44). The third-order valence-corrected chi connectivity index (χ3v) is 8.71. The van der Waals surface area contributed by atoms with Crippen LogP contribution in [0.15, 0.2) is 91.1 Å². The summed E-state index contributed by atoms with van der Waals surface area (Å²) in [5, 5.41) is 14.7. The van der Waals surface area contributed by atoms with Crippen LogP contribution in [0.1, 0.15) is 5.56 Å². The van der Waals surface area contributed by atoms with Crippen molar-refractivity contribution in [1.82, 2.24) is 15.2 Å². The maximum Gasteiger partial charge on any atom is 0.407 e. The minimum Gasteiger partial charge on any atom is -0.465 e. The van der Waals surface area contributed by atoms with E-state index in [1.54, 1.807) is 18.3 Å². The van der Waals surface area contributed by atoms with Gasteiger partial charge in [-0.3, -0.25) is 9.78 Å². The van der Waals surface area contributed by atoms with Crippen molar-refractivity contribution in [3.05, 3.63) is 103 Å². The van der Waals surface area contributed by atoms with Crippen molar-refractivity contribution >= 4 is 62.3 Å². The lowest BCUT2D eigenvalue weighted by atomic mass is 10.1. The second-order valence-corrected chi connectivity index (χ2v) is 11.8. The van der Waals surface area contributed by atoms with Crippen LogP contribution in [0.3, 0.4) is 0 Å². The molecule has 1 aliphatic rings. The number of thiocarbonyl (C=S) groups is 1. The van der Waals surface area contributed by atoms with Gasteiger partial charge in [-0.25, -0.2) is 9.18 Å². The number of carboxylic acid groups (broad SMARTS) is 1. The molecule has 0 radical (unpaired) electrons. The molecule has 12 heteroatoms. The molecule has 0 saturated carbocycles. The number of hydrogen-bond donors (Lipinski definition) is 3. The lowest BCUT2D eigenvalue weighted by Gasteiger charge is -2.34. The highest BCUT2D eigenvalue weighted by atomic mass is 32.1. The quantitative estimate of drug-likeness (QED) is 0.168. The SMILES string of the molecule is O=C(Cc1ccccc1)NC(=S)Nc1ccc(Oc2ccnc3cc(-c4ccc(N5CCN(C(=O)O)CC5)cc4)sc23)c(F)c1. The number of halogens is 1. The lowest BCUT2D eigenvalue weighted by molar-refractivity contribution is -0.119. The van der Waals surface area contributed by atoms with E-state index in [1.807, 2.05) is 60.7 Å². The summed E-state index contributed by atoms with van der Waals surface area (Å²) in [4.78, 5) is 32.5. The van der Waals surface area contributed by atoms with Gasteiger partial charge in [0.05, 0.1) is 16.6 Å². The number of carbonyl (C=O) groups is 2. The number of fused-ring (bicyclic) bond motifs is 1. The molecule has 1 aliphatic heterocycles. The molecule has 0 bridgehead atoms. The van der Waals surface area contributed by atoms with Crippen LogP contribution in [-0.2, 0) is 11.2 Å².